The quantitative estimate of drug-likeness (QED) is 0.819. The molecule has 1 atom stereocenters. The van der Waals surface area contributed by atoms with E-state index in [1.807, 2.05) is 0 Å². The lowest BCUT2D eigenvalue weighted by atomic mass is 9.90. The normalized spacial score (nSPS) is 22.6. The second-order valence-electron chi connectivity index (χ2n) is 4.93. The number of nitrogens with two attached hydrogens (primary N) is 1. The Kier molecular flexibility index (Phi) is 2.86. The van der Waals surface area contributed by atoms with Gasteiger partial charge in [-0.3, -0.25) is 4.79 Å². The van der Waals surface area contributed by atoms with Gasteiger partial charge >= 0.3 is 0 Å². The van der Waals surface area contributed by atoms with Crippen molar-refractivity contribution in [2.75, 3.05) is 5.32 Å². The molecule has 3 nitrogen and oxygen atoms in total. The summed E-state index contributed by atoms with van der Waals surface area (Å²) in [5, 5.41) is 2.99. The van der Waals surface area contributed by atoms with E-state index >= 15 is 0 Å². The zero-order valence-corrected chi connectivity index (χ0v) is 11.7. The number of carbonyl (C=O) groups is 1. The number of rotatable bonds is 1. The molecule has 0 saturated heterocycles. The Balaban J connectivity index is 2.27. The lowest BCUT2D eigenvalue weighted by Gasteiger charge is -2.24. The van der Waals surface area contributed by atoms with Crippen LogP contribution in [0.3, 0.4) is 0 Å². The van der Waals surface area contributed by atoms with Gasteiger partial charge in [0.1, 0.15) is 5.82 Å². The Morgan fingerprint density at radius 1 is 1.50 bits per heavy atom. The Morgan fingerprint density at radius 3 is 2.85 bits per heavy atom. The van der Waals surface area contributed by atoms with E-state index in [1.165, 1.54) is 0 Å². The fourth-order valence-corrected chi connectivity index (χ4v) is 3.25. The molecule has 0 aromatic heterocycles. The molecule has 20 heavy (non-hydrogen) atoms. The van der Waals surface area contributed by atoms with Gasteiger partial charge in [-0.15, -0.1) is 0 Å². The number of primary amides is 1. The molecular weight excluding hydrogens is 337 g/mol. The van der Waals surface area contributed by atoms with E-state index in [4.69, 9.17) is 5.73 Å². The molecule has 1 aliphatic heterocycles. The van der Waals surface area contributed by atoms with Crippen molar-refractivity contribution in [2.45, 2.75) is 24.8 Å². The van der Waals surface area contributed by atoms with E-state index in [2.05, 4.69) is 21.2 Å². The summed E-state index contributed by atoms with van der Waals surface area (Å²) in [6, 6.07) is 0.662. The molecule has 3 N–H and O–H groups in total. The highest BCUT2D eigenvalue weighted by molar-refractivity contribution is 9.10. The Morgan fingerprint density at radius 2 is 2.20 bits per heavy atom. The molecule has 7 heteroatoms. The lowest BCUT2D eigenvalue weighted by molar-refractivity contribution is 0.0396. The van der Waals surface area contributed by atoms with Crippen LogP contribution in [0, 0.1) is 5.82 Å². The van der Waals surface area contributed by atoms with Crippen LogP contribution in [-0.2, 0) is 0 Å². The van der Waals surface area contributed by atoms with Crippen molar-refractivity contribution in [3.8, 4) is 0 Å². The first-order valence-electron chi connectivity index (χ1n) is 5.99. The topological polar surface area (TPSA) is 55.1 Å². The average Bonchev–Trinajstić information content (AvgIpc) is 2.70. The van der Waals surface area contributed by atoms with Gasteiger partial charge in [-0.05, 0) is 40.1 Å². The first-order valence-corrected chi connectivity index (χ1v) is 6.79. The Labute approximate surface area is 121 Å². The maximum absolute atomic E-state index is 13.8. The Hall–Kier alpha value is -1.50. The summed E-state index contributed by atoms with van der Waals surface area (Å²) < 4.78 is 41.0. The third kappa shape index (κ3) is 1.91. The molecule has 1 aromatic rings. The molecule has 1 heterocycles. The Bertz CT molecular complexity index is 658. The van der Waals surface area contributed by atoms with Gasteiger partial charge in [-0.2, -0.15) is 0 Å². The highest BCUT2D eigenvalue weighted by atomic mass is 79.9. The first kappa shape index (κ1) is 13.5. The van der Waals surface area contributed by atoms with Gasteiger partial charge in [0.2, 0.25) is 0 Å². The molecule has 0 radical (unpaired) electrons. The molecule has 0 saturated carbocycles. The fourth-order valence-electron chi connectivity index (χ4n) is 2.70. The van der Waals surface area contributed by atoms with Crippen LogP contribution in [0.2, 0.25) is 0 Å². The number of benzene rings is 1. The number of halogens is 4. The number of carbonyl (C=O) groups excluding carboxylic acids is 1. The number of alkyl halides is 2. The summed E-state index contributed by atoms with van der Waals surface area (Å²) in [6.45, 7) is 0. The number of nitrogens with one attached hydrogen (secondary N) is 1. The van der Waals surface area contributed by atoms with E-state index in [1.54, 1.807) is 0 Å². The van der Waals surface area contributed by atoms with Gasteiger partial charge in [0.25, 0.3) is 11.8 Å². The predicted octanol–water partition coefficient (Wildman–Crippen LogP) is 3.29. The highest BCUT2D eigenvalue weighted by Crippen LogP contribution is 2.48. The van der Waals surface area contributed by atoms with Crippen LogP contribution < -0.4 is 11.1 Å². The van der Waals surface area contributed by atoms with Crippen LogP contribution >= 0.6 is 15.9 Å². The van der Waals surface area contributed by atoms with Crippen LogP contribution in [0.5, 0.6) is 0 Å². The largest absolute Gasteiger partial charge is 0.377 e. The molecule has 2 aliphatic rings. The number of fused-ring (bicyclic) bond motifs is 3. The summed E-state index contributed by atoms with van der Waals surface area (Å²) in [5.74, 6) is -4.42. The maximum atomic E-state index is 13.8. The van der Waals surface area contributed by atoms with Crippen molar-refractivity contribution in [3.05, 3.63) is 33.6 Å². The van der Waals surface area contributed by atoms with Crippen LogP contribution in [0.25, 0.3) is 5.57 Å². The summed E-state index contributed by atoms with van der Waals surface area (Å²) in [5.41, 5.74) is 6.09. The van der Waals surface area contributed by atoms with Crippen molar-refractivity contribution < 1.29 is 18.0 Å². The van der Waals surface area contributed by atoms with Gasteiger partial charge < -0.3 is 11.1 Å². The zero-order chi connectivity index (χ0) is 14.7. The van der Waals surface area contributed by atoms with Crippen molar-refractivity contribution in [1.82, 2.24) is 0 Å². The zero-order valence-electron chi connectivity index (χ0n) is 10.1. The molecule has 1 amide bonds. The average molecular weight is 347 g/mol. The van der Waals surface area contributed by atoms with Crippen molar-refractivity contribution in [1.29, 1.82) is 0 Å². The van der Waals surface area contributed by atoms with E-state index < -0.39 is 17.6 Å². The minimum Gasteiger partial charge on any atom is -0.377 e. The molecule has 1 aliphatic carbocycles. The SMILES string of the molecule is NC(=O)c1cc(F)c(Br)c2c1NC1CCC(F)(F)C=C21. The van der Waals surface area contributed by atoms with Crippen LogP contribution in [-0.4, -0.2) is 17.9 Å². The van der Waals surface area contributed by atoms with Crippen molar-refractivity contribution >= 4 is 33.1 Å². The maximum Gasteiger partial charge on any atom is 0.267 e. The first-order chi connectivity index (χ1) is 9.30. The lowest BCUT2D eigenvalue weighted by Crippen LogP contribution is -2.27. The van der Waals surface area contributed by atoms with Gasteiger partial charge in [0.05, 0.1) is 21.8 Å². The summed E-state index contributed by atoms with van der Waals surface area (Å²) >= 11 is 3.06. The minimum absolute atomic E-state index is 0.0284. The fraction of sp³-hybridized carbons (Fsp3) is 0.308. The van der Waals surface area contributed by atoms with Crippen LogP contribution in [0.15, 0.2) is 16.6 Å². The van der Waals surface area contributed by atoms with E-state index in [9.17, 15) is 18.0 Å². The van der Waals surface area contributed by atoms with Gasteiger partial charge in [0, 0.05) is 12.0 Å². The molecule has 106 valence electrons. The molecule has 3 rings (SSSR count). The van der Waals surface area contributed by atoms with Crippen molar-refractivity contribution in [3.63, 3.8) is 0 Å². The number of allylic oxidation sites excluding steroid dienone is 1. The number of hydrogen-bond acceptors (Lipinski definition) is 2. The standard InChI is InChI=1S/C13H10BrF3N2O/c14-10-7(15)3-5(12(18)20)11-9(10)6-4-13(16,17)2-1-8(6)19-11/h3-4,8,19H,1-2H2,(H2,18,20). The van der Waals surface area contributed by atoms with Gasteiger partial charge in [-0.1, -0.05) is 0 Å². The number of anilines is 1. The van der Waals surface area contributed by atoms with Crippen LogP contribution in [0.4, 0.5) is 18.9 Å². The second kappa shape index (κ2) is 4.25. The van der Waals surface area contributed by atoms with E-state index in [-0.39, 0.29) is 34.5 Å². The van der Waals surface area contributed by atoms with E-state index in [0.29, 0.717) is 11.3 Å². The summed E-state index contributed by atoms with van der Waals surface area (Å²) in [6.07, 6.45) is 0.767. The van der Waals surface area contributed by atoms with Gasteiger partial charge in [0.15, 0.2) is 0 Å². The van der Waals surface area contributed by atoms with Crippen molar-refractivity contribution in [2.24, 2.45) is 5.73 Å². The molecule has 1 unspecified atom stereocenters. The summed E-state index contributed by atoms with van der Waals surface area (Å²) in [4.78, 5) is 11.4. The highest BCUT2D eigenvalue weighted by Gasteiger charge is 2.41. The third-order valence-electron chi connectivity index (χ3n) is 3.60. The number of hydrogen-bond donors (Lipinski definition) is 2. The van der Waals surface area contributed by atoms with Crippen LogP contribution in [0.1, 0.15) is 28.8 Å². The number of amides is 1. The molecule has 1 aromatic carbocycles. The molecule has 0 spiro atoms. The summed E-state index contributed by atoms with van der Waals surface area (Å²) in [7, 11) is 0. The smallest absolute Gasteiger partial charge is 0.267 e. The molecule has 0 bridgehead atoms. The van der Waals surface area contributed by atoms with Gasteiger partial charge in [-0.25, -0.2) is 13.2 Å². The monoisotopic (exact) mass is 346 g/mol. The molecular formula is C13H10BrF3N2O. The van der Waals surface area contributed by atoms with E-state index in [0.717, 1.165) is 12.1 Å². The predicted molar refractivity (Wildman–Crippen MR) is 72.2 cm³/mol. The molecule has 0 fully saturated rings. The third-order valence-corrected chi connectivity index (χ3v) is 4.38. The minimum atomic E-state index is -2.92. The second-order valence-corrected chi connectivity index (χ2v) is 5.72.